The minimum atomic E-state index is -2.95. The zero-order valence-corrected chi connectivity index (χ0v) is 50.8. The number of fused-ring (bicyclic) bond motifs is 9. The summed E-state index contributed by atoms with van der Waals surface area (Å²) in [7, 11) is -5.89. The molecule has 0 bridgehead atoms. The lowest BCUT2D eigenvalue weighted by molar-refractivity contribution is 0.767. The summed E-state index contributed by atoms with van der Waals surface area (Å²) in [6.45, 7) is 0. The maximum Gasteiger partial charge on any atom is 0.179 e. The molecule has 0 radical (unpaired) electrons. The van der Waals surface area contributed by atoms with Crippen molar-refractivity contribution in [2.45, 2.75) is 5.41 Å². The van der Waals surface area contributed by atoms with Crippen LogP contribution in [0, 0.1) is 0 Å². The van der Waals surface area contributed by atoms with Gasteiger partial charge in [0, 0.05) is 45.3 Å². The lowest BCUT2D eigenvalue weighted by Crippen LogP contribution is -2.74. The predicted molar refractivity (Wildman–Crippen MR) is 375 cm³/mol. The Morgan fingerprint density at radius 2 is 0.506 bits per heavy atom. The topological polar surface area (TPSA) is 35.6 Å². The largest absolute Gasteiger partial charge is 0.309 e. The van der Waals surface area contributed by atoms with E-state index in [1.54, 1.807) is 0 Å². The van der Waals surface area contributed by atoms with Crippen molar-refractivity contribution in [2.75, 3.05) is 0 Å². The highest BCUT2D eigenvalue weighted by Gasteiger charge is 2.49. The van der Waals surface area contributed by atoms with Gasteiger partial charge < -0.3 is 9.13 Å². The lowest BCUT2D eigenvalue weighted by atomic mass is 9.67. The molecule has 0 saturated carbocycles. The van der Waals surface area contributed by atoms with E-state index in [9.17, 15) is 0 Å². The summed E-state index contributed by atoms with van der Waals surface area (Å²) in [6.07, 6.45) is 3.85. The molecule has 4 heterocycles. The maximum absolute atomic E-state index is 5.25. The monoisotopic (exact) mass is 1170 g/mol. The van der Waals surface area contributed by atoms with Crippen molar-refractivity contribution < 1.29 is 0 Å². The van der Waals surface area contributed by atoms with E-state index in [4.69, 9.17) is 9.97 Å². The Morgan fingerprint density at radius 3 is 0.809 bits per heavy atom. The molecule has 0 saturated heterocycles. The molecule has 4 nitrogen and oxygen atoms in total. The summed E-state index contributed by atoms with van der Waals surface area (Å²) < 4.78 is 4.93. The minimum absolute atomic E-state index is 0.847. The zero-order valence-electron chi connectivity index (χ0n) is 48.8. The Labute approximate surface area is 519 Å². The Balaban J connectivity index is 0.974. The van der Waals surface area contributed by atoms with Crippen molar-refractivity contribution in [3.05, 3.63) is 374 Å². The van der Waals surface area contributed by atoms with Gasteiger partial charge in [0.1, 0.15) is 0 Å². The number of pyridine rings is 2. The van der Waals surface area contributed by atoms with Gasteiger partial charge in [-0.25, -0.2) is 0 Å². The van der Waals surface area contributed by atoms with E-state index in [1.807, 2.05) is 12.4 Å². The van der Waals surface area contributed by atoms with Crippen LogP contribution in [0.25, 0.3) is 66.4 Å². The van der Waals surface area contributed by atoms with E-state index in [0.717, 1.165) is 67.1 Å². The number of hydrogen-bond donors (Lipinski definition) is 0. The smallest absolute Gasteiger partial charge is 0.179 e. The van der Waals surface area contributed by atoms with Gasteiger partial charge >= 0.3 is 0 Å². The maximum atomic E-state index is 5.25. The molecule has 89 heavy (non-hydrogen) atoms. The van der Waals surface area contributed by atoms with Crippen molar-refractivity contribution in [1.82, 2.24) is 19.1 Å². The first-order chi connectivity index (χ1) is 44.2. The summed E-state index contributed by atoms with van der Waals surface area (Å²) in [4.78, 5) is 10.5. The molecule has 0 aliphatic heterocycles. The molecule has 0 amide bonds. The van der Waals surface area contributed by atoms with Crippen molar-refractivity contribution >= 4 is 101 Å². The molecular formula is C83H58N4Si2. The van der Waals surface area contributed by atoms with E-state index in [1.165, 1.54) is 63.0 Å². The van der Waals surface area contributed by atoms with Gasteiger partial charge in [-0.1, -0.05) is 267 Å². The molecular weight excluding hydrogens is 1110 g/mol. The van der Waals surface area contributed by atoms with Crippen molar-refractivity contribution in [1.29, 1.82) is 0 Å². The van der Waals surface area contributed by atoms with Crippen LogP contribution < -0.4 is 41.5 Å². The Hall–Kier alpha value is -11.0. The quantitative estimate of drug-likeness (QED) is 0.0903. The van der Waals surface area contributed by atoms with Crippen LogP contribution in [0.3, 0.4) is 0 Å². The SMILES string of the molecule is c1ccc(-n2c3ccc(C4(c5ccc6c(c5)c5cc([Si](c7ccccc7)(c7ccccc7)c7ccccc7)ccc5n6-c5ccccc5)c5cccnc5-c5ncccc54)cc3c3cc([Si](c4ccccc4)(c4ccccc4)c4ccccc4)ccc32)cc1. The van der Waals surface area contributed by atoms with Crippen LogP contribution in [0.15, 0.2) is 352 Å². The van der Waals surface area contributed by atoms with Crippen molar-refractivity contribution in [3.8, 4) is 22.8 Å². The summed E-state index contributed by atoms with van der Waals surface area (Å²) in [6, 6.07) is 128. The molecule has 16 aromatic rings. The van der Waals surface area contributed by atoms with E-state index in [0.29, 0.717) is 0 Å². The second kappa shape index (κ2) is 21.1. The molecule has 6 heteroatoms. The van der Waals surface area contributed by atoms with Crippen LogP contribution in [0.5, 0.6) is 0 Å². The third-order valence-corrected chi connectivity index (χ3v) is 28.7. The van der Waals surface area contributed by atoms with Gasteiger partial charge in [0.2, 0.25) is 0 Å². The average Bonchev–Trinajstić information content (AvgIpc) is 1.83. The number of benzene rings is 12. The molecule has 1 aliphatic rings. The highest BCUT2D eigenvalue weighted by molar-refractivity contribution is 7.20. The summed E-state index contributed by atoms with van der Waals surface area (Å²) in [5, 5.41) is 15.4. The average molecular weight is 1170 g/mol. The fourth-order valence-electron chi connectivity index (χ4n) is 15.5. The van der Waals surface area contributed by atoms with Crippen LogP contribution >= 0.6 is 0 Å². The third kappa shape index (κ3) is 7.84. The van der Waals surface area contributed by atoms with Crippen LogP contribution in [-0.2, 0) is 5.41 Å². The number of hydrogen-bond acceptors (Lipinski definition) is 2. The van der Waals surface area contributed by atoms with Crippen LogP contribution in [0.4, 0.5) is 0 Å². The molecule has 0 atom stereocenters. The summed E-state index contributed by atoms with van der Waals surface area (Å²) in [5.41, 5.74) is 12.3. The first-order valence-electron chi connectivity index (χ1n) is 30.7. The first kappa shape index (κ1) is 52.3. The standard InChI is InChI=1S/C83H58N4Si2/c1-9-27-61(28-10-1)86-77-49-45-59(55-71(77)73-57-69(47-51-79(73)86)88(63-31-13-3-14-32-63,64-33-15-4-16-34-64)65-35-17-5-18-36-65)83(75-43-25-53-84-81(75)82-76(83)44-26-54-85-82)60-46-50-78-72(56-60)74-58-70(48-52-80(74)87(78)62-29-11-2-12-30-62)89(66-37-19-6-20-38-66,67-39-21-7-22-40-67)68-41-23-8-24-42-68/h1-58H. The predicted octanol–water partition coefficient (Wildman–Crippen LogP) is 13.8. The van der Waals surface area contributed by atoms with Crippen LogP contribution in [0.2, 0.25) is 0 Å². The minimum Gasteiger partial charge on any atom is -0.309 e. The van der Waals surface area contributed by atoms with Gasteiger partial charge in [0.25, 0.3) is 0 Å². The van der Waals surface area contributed by atoms with Gasteiger partial charge in [0.15, 0.2) is 16.1 Å². The molecule has 1 aliphatic carbocycles. The van der Waals surface area contributed by atoms with E-state index >= 15 is 0 Å². The van der Waals surface area contributed by atoms with Crippen LogP contribution in [0.1, 0.15) is 22.3 Å². The zero-order chi connectivity index (χ0) is 58.9. The van der Waals surface area contributed by atoms with Crippen molar-refractivity contribution in [3.63, 3.8) is 0 Å². The fraction of sp³-hybridized carbons (Fsp3) is 0.0120. The van der Waals surface area contributed by atoms with Gasteiger partial charge in [-0.05, 0) is 137 Å². The molecule has 0 spiro atoms. The fourth-order valence-corrected chi connectivity index (χ4v) is 25.1. The normalized spacial score (nSPS) is 12.8. The molecule has 0 N–H and O–H groups in total. The Kier molecular flexibility index (Phi) is 12.4. The van der Waals surface area contributed by atoms with Crippen molar-refractivity contribution in [2.24, 2.45) is 0 Å². The first-order valence-corrected chi connectivity index (χ1v) is 34.7. The number of para-hydroxylation sites is 2. The molecule has 0 fully saturated rings. The highest BCUT2D eigenvalue weighted by Crippen LogP contribution is 2.56. The second-order valence-electron chi connectivity index (χ2n) is 23.5. The number of nitrogens with zero attached hydrogens (tertiary/aromatic N) is 4. The van der Waals surface area contributed by atoms with E-state index in [2.05, 4.69) is 349 Å². The molecule has 17 rings (SSSR count). The van der Waals surface area contributed by atoms with Gasteiger partial charge in [-0.3, -0.25) is 9.97 Å². The third-order valence-electron chi connectivity index (χ3n) is 19.2. The molecule has 4 aromatic heterocycles. The van der Waals surface area contributed by atoms with Gasteiger partial charge in [-0.15, -0.1) is 0 Å². The highest BCUT2D eigenvalue weighted by atomic mass is 28.3. The molecule has 12 aromatic carbocycles. The Bertz CT molecular complexity index is 4760. The summed E-state index contributed by atoms with van der Waals surface area (Å²) in [5.74, 6) is 0. The van der Waals surface area contributed by atoms with Crippen LogP contribution in [-0.4, -0.2) is 35.2 Å². The lowest BCUT2D eigenvalue weighted by Gasteiger charge is -2.34. The molecule has 0 unspecified atom stereocenters. The number of aromatic nitrogens is 4. The van der Waals surface area contributed by atoms with E-state index < -0.39 is 21.6 Å². The second-order valence-corrected chi connectivity index (χ2v) is 31.1. The Morgan fingerprint density at radius 1 is 0.236 bits per heavy atom. The summed E-state index contributed by atoms with van der Waals surface area (Å²) >= 11 is 0. The van der Waals surface area contributed by atoms with E-state index in [-0.39, 0.29) is 0 Å². The van der Waals surface area contributed by atoms with Gasteiger partial charge in [0.05, 0.1) is 38.9 Å². The molecule has 418 valence electrons. The number of rotatable bonds is 12. The van der Waals surface area contributed by atoms with Gasteiger partial charge in [-0.2, -0.15) is 0 Å².